The van der Waals surface area contributed by atoms with Crippen LogP contribution in [0.25, 0.3) is 0 Å². The Morgan fingerprint density at radius 3 is 2.41 bits per heavy atom. The van der Waals surface area contributed by atoms with E-state index in [4.69, 9.17) is 9.47 Å². The molecular formula is C25H24N2O4S. The molecule has 1 heterocycles. The molecule has 6 nitrogen and oxygen atoms in total. The molecule has 0 radical (unpaired) electrons. The summed E-state index contributed by atoms with van der Waals surface area (Å²) < 4.78 is 10.7. The molecule has 32 heavy (non-hydrogen) atoms. The Bertz CT molecular complexity index is 1100. The number of rotatable bonds is 7. The van der Waals surface area contributed by atoms with Crippen LogP contribution in [0.4, 0.5) is 11.4 Å². The van der Waals surface area contributed by atoms with Gasteiger partial charge in [0, 0.05) is 22.5 Å². The summed E-state index contributed by atoms with van der Waals surface area (Å²) in [6, 6.07) is 22.0. The van der Waals surface area contributed by atoms with Gasteiger partial charge in [-0.3, -0.25) is 14.5 Å². The summed E-state index contributed by atoms with van der Waals surface area (Å²) in [5.41, 5.74) is 2.87. The largest absolute Gasteiger partial charge is 0.497 e. The highest BCUT2D eigenvalue weighted by Gasteiger charge is 2.35. The van der Waals surface area contributed by atoms with Gasteiger partial charge in [0.25, 0.3) is 5.91 Å². The first kappa shape index (κ1) is 21.8. The van der Waals surface area contributed by atoms with Crippen LogP contribution in [0.2, 0.25) is 0 Å². The van der Waals surface area contributed by atoms with Crippen molar-refractivity contribution in [3.05, 3.63) is 83.9 Å². The van der Waals surface area contributed by atoms with Crippen LogP contribution in [0, 0.1) is 0 Å². The summed E-state index contributed by atoms with van der Waals surface area (Å²) >= 11 is 1.54. The van der Waals surface area contributed by atoms with Gasteiger partial charge in [-0.2, -0.15) is 0 Å². The van der Waals surface area contributed by atoms with E-state index in [1.807, 2.05) is 55.5 Å². The average Bonchev–Trinajstić information content (AvgIpc) is 3.21. The highest BCUT2D eigenvalue weighted by molar-refractivity contribution is 8.00. The first-order valence-electron chi connectivity index (χ1n) is 10.3. The van der Waals surface area contributed by atoms with E-state index in [-0.39, 0.29) is 17.2 Å². The Labute approximate surface area is 191 Å². The normalized spacial score (nSPS) is 15.5. The molecule has 1 aliphatic rings. The maximum absolute atomic E-state index is 12.8. The molecule has 164 valence electrons. The highest BCUT2D eigenvalue weighted by Crippen LogP contribution is 2.44. The van der Waals surface area contributed by atoms with Crippen LogP contribution >= 0.6 is 11.8 Å². The van der Waals surface area contributed by atoms with Crippen molar-refractivity contribution >= 4 is 35.0 Å². The Morgan fingerprint density at radius 1 is 1.03 bits per heavy atom. The third-order valence-corrected chi connectivity index (χ3v) is 6.32. The van der Waals surface area contributed by atoms with Gasteiger partial charge in [-0.15, -0.1) is 11.8 Å². The van der Waals surface area contributed by atoms with Gasteiger partial charge in [-0.05, 0) is 61.5 Å². The van der Waals surface area contributed by atoms with Gasteiger partial charge in [0.15, 0.2) is 0 Å². The molecule has 1 saturated heterocycles. The number of carbonyl (C=O) groups excluding carboxylic acids is 2. The van der Waals surface area contributed by atoms with Gasteiger partial charge in [0.1, 0.15) is 16.9 Å². The number of nitrogens with zero attached hydrogens (tertiary/aromatic N) is 1. The number of hydrogen-bond acceptors (Lipinski definition) is 5. The smallest absolute Gasteiger partial charge is 0.255 e. The Kier molecular flexibility index (Phi) is 6.66. The van der Waals surface area contributed by atoms with Crippen molar-refractivity contribution in [2.24, 2.45) is 0 Å². The standard InChI is InChI=1S/C25H24N2O4S/c1-3-31-20-14-10-18(11-15-20)27-23(28)16-32-25(27)21-6-4-5-7-22(21)26-24(29)17-8-12-19(30-2)13-9-17/h4-15,25H,3,16H2,1-2H3,(H,26,29). The lowest BCUT2D eigenvalue weighted by atomic mass is 10.1. The van der Waals surface area contributed by atoms with E-state index in [1.165, 1.54) is 0 Å². The Hall–Kier alpha value is -3.45. The van der Waals surface area contributed by atoms with Crippen LogP contribution in [-0.2, 0) is 4.79 Å². The molecule has 0 bridgehead atoms. The lowest BCUT2D eigenvalue weighted by Crippen LogP contribution is -2.28. The lowest BCUT2D eigenvalue weighted by Gasteiger charge is -2.26. The number of para-hydroxylation sites is 1. The average molecular weight is 449 g/mol. The van der Waals surface area contributed by atoms with E-state index < -0.39 is 0 Å². The predicted octanol–water partition coefficient (Wildman–Crippen LogP) is 5.12. The van der Waals surface area contributed by atoms with Gasteiger partial charge in [0.05, 0.1) is 19.5 Å². The second-order valence-electron chi connectivity index (χ2n) is 7.12. The number of amides is 2. The fourth-order valence-electron chi connectivity index (χ4n) is 3.57. The summed E-state index contributed by atoms with van der Waals surface area (Å²) in [6.45, 7) is 2.52. The summed E-state index contributed by atoms with van der Waals surface area (Å²) in [4.78, 5) is 27.4. The van der Waals surface area contributed by atoms with Gasteiger partial charge in [0.2, 0.25) is 5.91 Å². The summed E-state index contributed by atoms with van der Waals surface area (Å²) in [6.07, 6.45) is 0. The topological polar surface area (TPSA) is 67.9 Å². The zero-order valence-electron chi connectivity index (χ0n) is 17.9. The van der Waals surface area contributed by atoms with Crippen LogP contribution in [0.15, 0.2) is 72.8 Å². The first-order valence-corrected chi connectivity index (χ1v) is 11.4. The second kappa shape index (κ2) is 9.78. The van der Waals surface area contributed by atoms with Crippen molar-refractivity contribution in [2.45, 2.75) is 12.3 Å². The van der Waals surface area contributed by atoms with E-state index in [0.717, 1.165) is 17.0 Å². The van der Waals surface area contributed by atoms with Crippen molar-refractivity contribution < 1.29 is 19.1 Å². The number of thioether (sulfide) groups is 1. The molecule has 1 unspecified atom stereocenters. The van der Waals surface area contributed by atoms with Crippen molar-refractivity contribution in [2.75, 3.05) is 29.7 Å². The number of hydrogen-bond donors (Lipinski definition) is 1. The van der Waals surface area contributed by atoms with Gasteiger partial charge in [-0.25, -0.2) is 0 Å². The van der Waals surface area contributed by atoms with Crippen molar-refractivity contribution in [1.29, 1.82) is 0 Å². The maximum Gasteiger partial charge on any atom is 0.255 e. The Morgan fingerprint density at radius 2 is 1.72 bits per heavy atom. The molecule has 7 heteroatoms. The Balaban J connectivity index is 1.60. The number of ether oxygens (including phenoxy) is 2. The highest BCUT2D eigenvalue weighted by atomic mass is 32.2. The zero-order chi connectivity index (χ0) is 22.5. The minimum absolute atomic E-state index is 0.0282. The third-order valence-electron chi connectivity index (χ3n) is 5.12. The number of nitrogens with one attached hydrogen (secondary N) is 1. The van der Waals surface area contributed by atoms with E-state index >= 15 is 0 Å². The predicted molar refractivity (Wildman–Crippen MR) is 128 cm³/mol. The summed E-state index contributed by atoms with van der Waals surface area (Å²) in [5, 5.41) is 2.76. The molecule has 1 aliphatic heterocycles. The van der Waals surface area contributed by atoms with Crippen LogP contribution < -0.4 is 19.7 Å². The van der Waals surface area contributed by atoms with Crippen LogP contribution in [0.1, 0.15) is 28.2 Å². The van der Waals surface area contributed by atoms with E-state index in [0.29, 0.717) is 29.4 Å². The molecule has 1 fully saturated rings. The summed E-state index contributed by atoms with van der Waals surface area (Å²) in [7, 11) is 1.59. The van der Waals surface area contributed by atoms with Crippen molar-refractivity contribution in [1.82, 2.24) is 0 Å². The molecule has 0 saturated carbocycles. The number of carbonyl (C=O) groups is 2. The van der Waals surface area contributed by atoms with E-state index in [9.17, 15) is 9.59 Å². The quantitative estimate of drug-likeness (QED) is 0.543. The maximum atomic E-state index is 12.8. The van der Waals surface area contributed by atoms with Crippen LogP contribution in [0.5, 0.6) is 11.5 Å². The van der Waals surface area contributed by atoms with Crippen LogP contribution in [0.3, 0.4) is 0 Å². The molecular weight excluding hydrogens is 424 g/mol. The molecule has 1 atom stereocenters. The zero-order valence-corrected chi connectivity index (χ0v) is 18.7. The molecule has 0 aromatic heterocycles. The monoisotopic (exact) mass is 448 g/mol. The van der Waals surface area contributed by atoms with Crippen LogP contribution in [-0.4, -0.2) is 31.3 Å². The third kappa shape index (κ3) is 4.57. The van der Waals surface area contributed by atoms with Gasteiger partial charge < -0.3 is 14.8 Å². The molecule has 1 N–H and O–H groups in total. The lowest BCUT2D eigenvalue weighted by molar-refractivity contribution is -0.115. The summed E-state index contributed by atoms with van der Waals surface area (Å²) in [5.74, 6) is 1.63. The van der Waals surface area contributed by atoms with E-state index in [1.54, 1.807) is 48.0 Å². The number of methoxy groups -OCH3 is 1. The first-order chi connectivity index (χ1) is 15.6. The molecule has 3 aromatic carbocycles. The second-order valence-corrected chi connectivity index (χ2v) is 8.19. The molecule has 2 amide bonds. The van der Waals surface area contributed by atoms with Crippen molar-refractivity contribution in [3.8, 4) is 11.5 Å². The number of anilines is 2. The fourth-order valence-corrected chi connectivity index (χ4v) is 4.78. The molecule has 4 rings (SSSR count). The minimum Gasteiger partial charge on any atom is -0.497 e. The van der Waals surface area contributed by atoms with Gasteiger partial charge in [-0.1, -0.05) is 18.2 Å². The minimum atomic E-state index is -0.243. The molecule has 3 aromatic rings. The van der Waals surface area contributed by atoms with Crippen molar-refractivity contribution in [3.63, 3.8) is 0 Å². The number of benzene rings is 3. The fraction of sp³-hybridized carbons (Fsp3) is 0.200. The molecule has 0 spiro atoms. The molecule has 0 aliphatic carbocycles. The van der Waals surface area contributed by atoms with Gasteiger partial charge >= 0.3 is 0 Å². The SMILES string of the molecule is CCOc1ccc(N2C(=O)CSC2c2ccccc2NC(=O)c2ccc(OC)cc2)cc1. The van der Waals surface area contributed by atoms with E-state index in [2.05, 4.69) is 5.32 Å².